The van der Waals surface area contributed by atoms with Gasteiger partial charge in [0, 0.05) is 11.1 Å². The third-order valence-electron chi connectivity index (χ3n) is 2.90. The van der Waals surface area contributed by atoms with Gasteiger partial charge >= 0.3 is 5.97 Å². The Morgan fingerprint density at radius 3 is 2.48 bits per heavy atom. The molecule has 0 heterocycles. The van der Waals surface area contributed by atoms with Gasteiger partial charge in [-0.3, -0.25) is 9.59 Å². The number of carboxylic acids is 1. The lowest BCUT2D eigenvalue weighted by Gasteiger charge is -2.34. The van der Waals surface area contributed by atoms with Crippen LogP contribution in [0.2, 0.25) is 0 Å². The van der Waals surface area contributed by atoms with Crippen molar-refractivity contribution in [1.29, 1.82) is 0 Å². The zero-order chi connectivity index (χ0) is 16.0. The quantitative estimate of drug-likeness (QED) is 0.875. The molecule has 0 saturated carbocycles. The molecule has 5 heteroatoms. The van der Waals surface area contributed by atoms with Gasteiger partial charge in [0.05, 0.1) is 6.61 Å². The normalized spacial score (nSPS) is 11.0. The van der Waals surface area contributed by atoms with Crippen molar-refractivity contribution >= 4 is 11.9 Å². The molecule has 0 bridgehead atoms. The molecular formula is C16H23NO4. The Kier molecular flexibility index (Phi) is 5.76. The highest BCUT2D eigenvalue weighted by Crippen LogP contribution is 2.20. The lowest BCUT2D eigenvalue weighted by molar-refractivity contribution is -0.138. The molecule has 0 aliphatic heterocycles. The maximum Gasteiger partial charge on any atom is 0.323 e. The van der Waals surface area contributed by atoms with Crippen molar-refractivity contribution in [2.45, 2.75) is 39.7 Å². The largest absolute Gasteiger partial charge is 0.494 e. The summed E-state index contributed by atoms with van der Waals surface area (Å²) < 4.78 is 5.51. The average Bonchev–Trinajstić information content (AvgIpc) is 2.40. The van der Waals surface area contributed by atoms with Crippen molar-refractivity contribution in [1.82, 2.24) is 4.90 Å². The molecule has 0 atom stereocenters. The highest BCUT2D eigenvalue weighted by molar-refractivity contribution is 5.96. The van der Waals surface area contributed by atoms with Crippen molar-refractivity contribution in [2.24, 2.45) is 0 Å². The molecule has 5 nitrogen and oxygen atoms in total. The first-order chi connectivity index (χ1) is 9.75. The molecule has 0 fully saturated rings. The fraction of sp³-hybridized carbons (Fsp3) is 0.500. The number of aliphatic carboxylic acids is 1. The van der Waals surface area contributed by atoms with Crippen LogP contribution in [0.25, 0.3) is 0 Å². The van der Waals surface area contributed by atoms with E-state index in [-0.39, 0.29) is 12.5 Å². The molecule has 0 radical (unpaired) electrons. The third-order valence-corrected chi connectivity index (χ3v) is 2.90. The van der Waals surface area contributed by atoms with E-state index >= 15 is 0 Å². The summed E-state index contributed by atoms with van der Waals surface area (Å²) in [6.07, 6.45) is 0.880. The van der Waals surface area contributed by atoms with Gasteiger partial charge in [-0.05, 0) is 45.4 Å². The first kappa shape index (κ1) is 17.0. The second-order valence-electron chi connectivity index (χ2n) is 5.83. The topological polar surface area (TPSA) is 66.8 Å². The van der Waals surface area contributed by atoms with Gasteiger partial charge in [-0.25, -0.2) is 0 Å². The van der Waals surface area contributed by atoms with E-state index in [9.17, 15) is 9.59 Å². The highest BCUT2D eigenvalue weighted by Gasteiger charge is 2.29. The molecule has 1 N–H and O–H groups in total. The average molecular weight is 293 g/mol. The monoisotopic (exact) mass is 293 g/mol. The SMILES string of the molecule is CCCOc1cccc(C(=O)N(CC(=O)O)C(C)(C)C)c1. The van der Waals surface area contributed by atoms with Crippen LogP contribution in [0.4, 0.5) is 0 Å². The number of nitrogens with zero attached hydrogens (tertiary/aromatic N) is 1. The van der Waals surface area contributed by atoms with Gasteiger partial charge in [-0.1, -0.05) is 13.0 Å². The standard InChI is InChI=1S/C16H23NO4/c1-5-9-21-13-8-6-7-12(10-13)15(20)17(11-14(18)19)16(2,3)4/h6-8,10H,5,9,11H2,1-4H3,(H,18,19). The van der Waals surface area contributed by atoms with Crippen LogP contribution in [0.5, 0.6) is 5.75 Å². The van der Waals surface area contributed by atoms with Crippen LogP contribution in [-0.4, -0.2) is 40.6 Å². The summed E-state index contributed by atoms with van der Waals surface area (Å²) in [5, 5.41) is 9.00. The summed E-state index contributed by atoms with van der Waals surface area (Å²) in [6.45, 7) is 7.68. The maximum atomic E-state index is 12.6. The summed E-state index contributed by atoms with van der Waals surface area (Å²) >= 11 is 0. The molecule has 0 spiro atoms. The second kappa shape index (κ2) is 7.11. The summed E-state index contributed by atoms with van der Waals surface area (Å²) in [5.41, 5.74) is -0.143. The van der Waals surface area contributed by atoms with Gasteiger partial charge in [0.1, 0.15) is 12.3 Å². The molecule has 1 aromatic rings. The van der Waals surface area contributed by atoms with Crippen molar-refractivity contribution in [3.63, 3.8) is 0 Å². The minimum absolute atomic E-state index is 0.313. The number of rotatable bonds is 6. The maximum absolute atomic E-state index is 12.6. The van der Waals surface area contributed by atoms with E-state index in [0.717, 1.165) is 6.42 Å². The number of benzene rings is 1. The van der Waals surface area contributed by atoms with Gasteiger partial charge in [0.25, 0.3) is 5.91 Å². The molecule has 21 heavy (non-hydrogen) atoms. The van der Waals surface area contributed by atoms with Gasteiger partial charge in [-0.2, -0.15) is 0 Å². The van der Waals surface area contributed by atoms with E-state index in [0.29, 0.717) is 17.9 Å². The number of hydrogen-bond acceptors (Lipinski definition) is 3. The molecule has 1 amide bonds. The minimum atomic E-state index is -1.03. The number of carbonyl (C=O) groups excluding carboxylic acids is 1. The minimum Gasteiger partial charge on any atom is -0.494 e. The Hall–Kier alpha value is -2.04. The molecule has 0 saturated heterocycles. The summed E-state index contributed by atoms with van der Waals surface area (Å²) in [7, 11) is 0. The van der Waals surface area contributed by atoms with Gasteiger partial charge < -0.3 is 14.7 Å². The fourth-order valence-corrected chi connectivity index (χ4v) is 1.84. The Morgan fingerprint density at radius 2 is 1.95 bits per heavy atom. The zero-order valence-corrected chi connectivity index (χ0v) is 13.0. The molecule has 116 valence electrons. The van der Waals surface area contributed by atoms with Crippen molar-refractivity contribution < 1.29 is 19.4 Å². The van der Waals surface area contributed by atoms with Crippen molar-refractivity contribution in [2.75, 3.05) is 13.2 Å². The van der Waals surface area contributed by atoms with Crippen molar-refractivity contribution in [3.8, 4) is 5.75 Å². The highest BCUT2D eigenvalue weighted by atomic mass is 16.5. The third kappa shape index (κ3) is 5.10. The summed E-state index contributed by atoms with van der Waals surface area (Å²) in [6, 6.07) is 6.84. The van der Waals surface area contributed by atoms with E-state index in [2.05, 4.69) is 0 Å². The predicted molar refractivity (Wildman–Crippen MR) is 80.7 cm³/mol. The van der Waals surface area contributed by atoms with Crippen LogP contribution in [-0.2, 0) is 4.79 Å². The predicted octanol–water partition coefficient (Wildman–Crippen LogP) is 2.80. The Bertz CT molecular complexity index is 505. The molecule has 0 unspecified atom stereocenters. The number of ether oxygens (including phenoxy) is 1. The second-order valence-corrected chi connectivity index (χ2v) is 5.83. The smallest absolute Gasteiger partial charge is 0.323 e. The molecule has 0 aliphatic carbocycles. The van der Waals surface area contributed by atoms with E-state index in [1.54, 1.807) is 24.3 Å². The Balaban J connectivity index is 3.00. The van der Waals surface area contributed by atoms with E-state index in [1.165, 1.54) is 4.90 Å². The summed E-state index contributed by atoms with van der Waals surface area (Å²) in [4.78, 5) is 24.9. The van der Waals surface area contributed by atoms with Gasteiger partial charge in [-0.15, -0.1) is 0 Å². The van der Waals surface area contributed by atoms with Crippen LogP contribution in [0.3, 0.4) is 0 Å². The molecule has 1 aromatic carbocycles. The van der Waals surface area contributed by atoms with Gasteiger partial charge in [0.2, 0.25) is 0 Å². The zero-order valence-electron chi connectivity index (χ0n) is 13.0. The van der Waals surface area contributed by atoms with Crippen LogP contribution >= 0.6 is 0 Å². The molecule has 0 aliphatic rings. The molecular weight excluding hydrogens is 270 g/mol. The number of carbonyl (C=O) groups is 2. The summed E-state index contributed by atoms with van der Waals surface area (Å²) in [5.74, 6) is -0.726. The Labute approximate surface area is 125 Å². The number of hydrogen-bond donors (Lipinski definition) is 1. The lowest BCUT2D eigenvalue weighted by Crippen LogP contribution is -2.48. The van der Waals surface area contributed by atoms with E-state index in [4.69, 9.17) is 9.84 Å². The number of amides is 1. The van der Waals surface area contributed by atoms with Crippen LogP contribution in [0.15, 0.2) is 24.3 Å². The first-order valence-corrected chi connectivity index (χ1v) is 7.02. The molecule has 1 rings (SSSR count). The lowest BCUT2D eigenvalue weighted by atomic mass is 10.0. The van der Waals surface area contributed by atoms with Crippen LogP contribution in [0, 0.1) is 0 Å². The fourth-order valence-electron chi connectivity index (χ4n) is 1.84. The number of carboxylic acid groups (broad SMARTS) is 1. The Morgan fingerprint density at radius 1 is 1.29 bits per heavy atom. The van der Waals surface area contributed by atoms with E-state index < -0.39 is 11.5 Å². The van der Waals surface area contributed by atoms with Crippen molar-refractivity contribution in [3.05, 3.63) is 29.8 Å². The van der Waals surface area contributed by atoms with Crippen LogP contribution < -0.4 is 4.74 Å². The first-order valence-electron chi connectivity index (χ1n) is 7.02. The van der Waals surface area contributed by atoms with E-state index in [1.807, 2.05) is 27.7 Å². The molecule has 0 aromatic heterocycles. The van der Waals surface area contributed by atoms with Gasteiger partial charge in [0.15, 0.2) is 0 Å². The van der Waals surface area contributed by atoms with Crippen LogP contribution in [0.1, 0.15) is 44.5 Å².